The highest BCUT2D eigenvalue weighted by Gasteiger charge is 2.34. The largest absolute Gasteiger partial charge is 0.375 e. The van der Waals surface area contributed by atoms with Crippen LogP contribution in [0.4, 0.5) is 5.82 Å². The van der Waals surface area contributed by atoms with Gasteiger partial charge in [0, 0.05) is 25.0 Å². The highest BCUT2D eigenvalue weighted by atomic mass is 16.5. The number of hydrogen-bond donors (Lipinski definition) is 1. The van der Waals surface area contributed by atoms with Crippen LogP contribution in [0, 0.1) is 6.92 Å². The van der Waals surface area contributed by atoms with Gasteiger partial charge in [0.05, 0.1) is 5.60 Å². The van der Waals surface area contributed by atoms with E-state index in [4.69, 9.17) is 4.74 Å². The first-order chi connectivity index (χ1) is 10.2. The topological polar surface area (TPSA) is 64.3 Å². The molecule has 6 nitrogen and oxygen atoms in total. The summed E-state index contributed by atoms with van der Waals surface area (Å²) in [7, 11) is 0. The van der Waals surface area contributed by atoms with Crippen molar-refractivity contribution in [1.29, 1.82) is 0 Å². The van der Waals surface area contributed by atoms with Gasteiger partial charge >= 0.3 is 0 Å². The number of hydrogen-bond acceptors (Lipinski definition) is 5. The van der Waals surface area contributed by atoms with E-state index in [9.17, 15) is 0 Å². The molecule has 1 fully saturated rings. The van der Waals surface area contributed by atoms with Gasteiger partial charge in [0.1, 0.15) is 5.82 Å². The molecule has 1 aliphatic heterocycles. The van der Waals surface area contributed by atoms with Crippen molar-refractivity contribution in [3.8, 4) is 0 Å². The van der Waals surface area contributed by atoms with Crippen molar-refractivity contribution < 1.29 is 4.74 Å². The molecule has 0 amide bonds. The molecule has 0 spiro atoms. The molecule has 1 N–H and O–H groups in total. The van der Waals surface area contributed by atoms with Gasteiger partial charge in [0.2, 0.25) is 5.65 Å². The molecule has 6 heteroatoms. The average molecular weight is 289 g/mol. The van der Waals surface area contributed by atoms with Crippen molar-refractivity contribution in [2.45, 2.75) is 58.1 Å². The molecule has 0 aromatic carbocycles. The zero-order chi connectivity index (χ0) is 14.9. The third-order valence-corrected chi connectivity index (χ3v) is 4.62. The zero-order valence-electron chi connectivity index (χ0n) is 13.0. The van der Waals surface area contributed by atoms with Crippen molar-refractivity contribution in [3.63, 3.8) is 0 Å². The van der Waals surface area contributed by atoms with Crippen LogP contribution in [0.1, 0.15) is 45.4 Å². The molecule has 2 aromatic rings. The smallest absolute Gasteiger partial charge is 0.203 e. The molecule has 1 unspecified atom stereocenters. The Balaban J connectivity index is 1.82. The summed E-state index contributed by atoms with van der Waals surface area (Å²) in [6.45, 7) is 7.14. The second-order valence-electron chi connectivity index (χ2n) is 5.79. The van der Waals surface area contributed by atoms with Crippen LogP contribution in [0.2, 0.25) is 0 Å². The van der Waals surface area contributed by atoms with Gasteiger partial charge in [-0.1, -0.05) is 13.8 Å². The Labute approximate surface area is 124 Å². The number of aryl methyl sites for hydroxylation is 1. The molecule has 21 heavy (non-hydrogen) atoms. The summed E-state index contributed by atoms with van der Waals surface area (Å²) in [4.78, 5) is 4.44. The molecule has 0 radical (unpaired) electrons. The van der Waals surface area contributed by atoms with E-state index < -0.39 is 0 Å². The predicted molar refractivity (Wildman–Crippen MR) is 81.4 cm³/mol. The summed E-state index contributed by atoms with van der Waals surface area (Å²) in [5, 5.41) is 11.9. The van der Waals surface area contributed by atoms with E-state index in [-0.39, 0.29) is 5.60 Å². The predicted octanol–water partition coefficient (Wildman–Crippen LogP) is 2.58. The number of aromatic nitrogens is 4. The number of nitrogens with one attached hydrogen (secondary N) is 1. The van der Waals surface area contributed by atoms with Crippen LogP contribution in [-0.2, 0) is 4.74 Å². The number of ether oxygens (including phenoxy) is 1. The fourth-order valence-electron chi connectivity index (χ4n) is 3.13. The van der Waals surface area contributed by atoms with Crippen LogP contribution < -0.4 is 5.32 Å². The Hall–Kier alpha value is -1.69. The molecule has 2 aromatic heterocycles. The first kappa shape index (κ1) is 14.3. The lowest BCUT2D eigenvalue weighted by Gasteiger charge is -2.40. The number of fused-ring (bicyclic) bond motifs is 1. The summed E-state index contributed by atoms with van der Waals surface area (Å²) in [6.07, 6.45) is 7.78. The molecule has 0 bridgehead atoms. The van der Waals surface area contributed by atoms with Crippen molar-refractivity contribution in [3.05, 3.63) is 18.2 Å². The minimum Gasteiger partial charge on any atom is -0.375 e. The normalized spacial score (nSPS) is 21.6. The van der Waals surface area contributed by atoms with Gasteiger partial charge in [-0.2, -0.15) is 0 Å². The minimum absolute atomic E-state index is 0.00454. The number of rotatable bonds is 4. The van der Waals surface area contributed by atoms with Crippen LogP contribution in [-0.4, -0.2) is 37.8 Å². The van der Waals surface area contributed by atoms with Crippen LogP contribution >= 0.6 is 0 Å². The van der Waals surface area contributed by atoms with Gasteiger partial charge in [-0.15, -0.1) is 10.2 Å². The zero-order valence-corrected chi connectivity index (χ0v) is 13.0. The second-order valence-corrected chi connectivity index (χ2v) is 5.79. The monoisotopic (exact) mass is 289 g/mol. The Morgan fingerprint density at radius 1 is 1.38 bits per heavy atom. The van der Waals surface area contributed by atoms with E-state index in [0.717, 1.165) is 49.6 Å². The van der Waals surface area contributed by atoms with E-state index >= 15 is 0 Å². The number of anilines is 1. The molecule has 3 rings (SSSR count). The van der Waals surface area contributed by atoms with E-state index in [1.807, 2.05) is 17.5 Å². The first-order valence-electron chi connectivity index (χ1n) is 7.74. The number of nitrogens with zero attached hydrogens (tertiary/aromatic N) is 4. The molecule has 0 saturated carbocycles. The molecule has 1 saturated heterocycles. The Bertz CT molecular complexity index is 620. The van der Waals surface area contributed by atoms with Crippen molar-refractivity contribution in [1.82, 2.24) is 19.6 Å². The molecule has 0 aliphatic carbocycles. The fourth-order valence-corrected chi connectivity index (χ4v) is 3.13. The lowest BCUT2D eigenvalue weighted by atomic mass is 9.86. The maximum atomic E-state index is 6.03. The highest BCUT2D eigenvalue weighted by Crippen LogP contribution is 2.32. The first-order valence-corrected chi connectivity index (χ1v) is 7.74. The highest BCUT2D eigenvalue weighted by molar-refractivity contribution is 5.62. The Morgan fingerprint density at radius 3 is 2.95 bits per heavy atom. The maximum absolute atomic E-state index is 6.03. The van der Waals surface area contributed by atoms with Gasteiger partial charge in [-0.25, -0.2) is 4.98 Å². The minimum atomic E-state index is 0.00454. The fraction of sp³-hybridized carbons (Fsp3) is 0.667. The van der Waals surface area contributed by atoms with E-state index in [0.29, 0.717) is 6.04 Å². The molecule has 3 heterocycles. The summed E-state index contributed by atoms with van der Waals surface area (Å²) < 4.78 is 7.99. The Morgan fingerprint density at radius 2 is 2.19 bits per heavy atom. The van der Waals surface area contributed by atoms with Gasteiger partial charge in [0.15, 0.2) is 5.82 Å². The van der Waals surface area contributed by atoms with Gasteiger partial charge in [-0.05, 0) is 32.6 Å². The van der Waals surface area contributed by atoms with Crippen LogP contribution in [0.5, 0.6) is 0 Å². The second kappa shape index (κ2) is 5.60. The van der Waals surface area contributed by atoms with E-state index in [2.05, 4.69) is 34.3 Å². The Kier molecular flexibility index (Phi) is 3.80. The van der Waals surface area contributed by atoms with Crippen LogP contribution in [0.25, 0.3) is 5.65 Å². The summed E-state index contributed by atoms with van der Waals surface area (Å²) >= 11 is 0. The van der Waals surface area contributed by atoms with Crippen LogP contribution in [0.15, 0.2) is 12.4 Å². The van der Waals surface area contributed by atoms with Gasteiger partial charge in [-0.3, -0.25) is 4.40 Å². The lowest BCUT2D eigenvalue weighted by molar-refractivity contribution is -0.0864. The standard InChI is InChI=1S/C15H23N5O/c1-4-15(5-2)10-12(6-9-21-15)17-13-14-19-18-11(3)20(14)8-7-16-13/h7-8,12H,4-6,9-10H2,1-3H3,(H,16,17). The third-order valence-electron chi connectivity index (χ3n) is 4.62. The summed E-state index contributed by atoms with van der Waals surface area (Å²) in [5.74, 6) is 1.69. The quantitative estimate of drug-likeness (QED) is 0.937. The van der Waals surface area contributed by atoms with Gasteiger partial charge in [0.25, 0.3) is 0 Å². The molecular weight excluding hydrogens is 266 g/mol. The summed E-state index contributed by atoms with van der Waals surface area (Å²) in [5.41, 5.74) is 0.796. The maximum Gasteiger partial charge on any atom is 0.203 e. The van der Waals surface area contributed by atoms with Crippen molar-refractivity contribution in [2.24, 2.45) is 0 Å². The lowest BCUT2D eigenvalue weighted by Crippen LogP contribution is -2.43. The molecular formula is C15H23N5O. The summed E-state index contributed by atoms with van der Waals surface area (Å²) in [6, 6.07) is 0.370. The van der Waals surface area contributed by atoms with Crippen LogP contribution in [0.3, 0.4) is 0 Å². The van der Waals surface area contributed by atoms with E-state index in [1.54, 1.807) is 6.20 Å². The SMILES string of the molecule is CCC1(CC)CC(Nc2nccn3c(C)nnc23)CCO1. The van der Waals surface area contributed by atoms with Crippen molar-refractivity contribution in [2.75, 3.05) is 11.9 Å². The van der Waals surface area contributed by atoms with Gasteiger partial charge < -0.3 is 10.1 Å². The average Bonchev–Trinajstić information content (AvgIpc) is 2.90. The molecule has 1 aliphatic rings. The molecule has 114 valence electrons. The van der Waals surface area contributed by atoms with Crippen molar-refractivity contribution >= 4 is 11.5 Å². The van der Waals surface area contributed by atoms with E-state index in [1.165, 1.54) is 0 Å². The molecule has 1 atom stereocenters. The third kappa shape index (κ3) is 2.60.